The summed E-state index contributed by atoms with van der Waals surface area (Å²) >= 11 is 5.89. The summed E-state index contributed by atoms with van der Waals surface area (Å²) in [5.74, 6) is -1.35. The van der Waals surface area contributed by atoms with E-state index in [1.54, 1.807) is 38.1 Å². The van der Waals surface area contributed by atoms with E-state index in [2.05, 4.69) is 0 Å². The Morgan fingerprint density at radius 1 is 1.05 bits per heavy atom. The van der Waals surface area contributed by atoms with Crippen LogP contribution in [0.25, 0.3) is 0 Å². The molecule has 0 saturated carbocycles. The third kappa shape index (κ3) is 4.01. The maximum absolute atomic E-state index is 12.5. The second kappa shape index (κ2) is 8.18. The summed E-state index contributed by atoms with van der Waals surface area (Å²) in [6, 6.07) is 7.08. The lowest BCUT2D eigenvalue weighted by molar-refractivity contribution is -0.176. The van der Waals surface area contributed by atoms with E-state index in [4.69, 9.17) is 21.1 Å². The van der Waals surface area contributed by atoms with Crippen LogP contribution in [0.4, 0.5) is 0 Å². The fourth-order valence-electron chi connectivity index (χ4n) is 2.35. The van der Waals surface area contributed by atoms with Crippen LogP contribution in [0.3, 0.4) is 0 Å². The van der Waals surface area contributed by atoms with Gasteiger partial charge < -0.3 is 9.47 Å². The minimum atomic E-state index is -1.35. The molecule has 0 bridgehead atoms. The molecule has 1 rings (SSSR count). The Bertz CT molecular complexity index is 490. The van der Waals surface area contributed by atoms with Gasteiger partial charge in [0.2, 0.25) is 0 Å². The van der Waals surface area contributed by atoms with E-state index in [0.29, 0.717) is 5.02 Å². The second-order valence-electron chi connectivity index (χ2n) is 5.37. The monoisotopic (exact) mass is 326 g/mol. The van der Waals surface area contributed by atoms with E-state index >= 15 is 0 Å². The van der Waals surface area contributed by atoms with Crippen LogP contribution >= 0.6 is 11.6 Å². The van der Waals surface area contributed by atoms with Crippen LogP contribution in [0.5, 0.6) is 0 Å². The average Bonchev–Trinajstić information content (AvgIpc) is 2.46. The predicted octanol–water partition coefficient (Wildman–Crippen LogP) is 3.65. The molecule has 1 aromatic rings. The standard InChI is InChI=1S/C17H23ClO4/c1-5-21-15(19)17(12(3)4,16(20)22-6-2)11-13-7-9-14(18)10-8-13/h7-10,12H,5-6,11H2,1-4H3. The maximum atomic E-state index is 12.5. The smallest absolute Gasteiger partial charge is 0.324 e. The third-order valence-corrected chi connectivity index (χ3v) is 3.91. The zero-order chi connectivity index (χ0) is 16.8. The zero-order valence-electron chi connectivity index (χ0n) is 13.5. The predicted molar refractivity (Wildman–Crippen MR) is 85.7 cm³/mol. The molecule has 0 spiro atoms. The number of hydrogen-bond acceptors (Lipinski definition) is 4. The molecule has 122 valence electrons. The molecule has 0 unspecified atom stereocenters. The lowest BCUT2D eigenvalue weighted by Crippen LogP contribution is -2.48. The van der Waals surface area contributed by atoms with Crippen molar-refractivity contribution in [2.45, 2.75) is 34.1 Å². The average molecular weight is 327 g/mol. The summed E-state index contributed by atoms with van der Waals surface area (Å²) in [5.41, 5.74) is -0.515. The maximum Gasteiger partial charge on any atom is 0.324 e. The summed E-state index contributed by atoms with van der Waals surface area (Å²) in [6.07, 6.45) is 0.222. The first-order valence-electron chi connectivity index (χ1n) is 7.47. The number of rotatable bonds is 7. The molecule has 0 aromatic heterocycles. The van der Waals surface area contributed by atoms with Crippen molar-refractivity contribution >= 4 is 23.5 Å². The first-order chi connectivity index (χ1) is 10.4. The fraction of sp³-hybridized carbons (Fsp3) is 0.529. The van der Waals surface area contributed by atoms with Crippen LogP contribution in [-0.2, 0) is 25.5 Å². The van der Waals surface area contributed by atoms with E-state index in [9.17, 15) is 9.59 Å². The van der Waals surface area contributed by atoms with Crippen LogP contribution in [0, 0.1) is 11.3 Å². The Morgan fingerprint density at radius 3 is 1.86 bits per heavy atom. The van der Waals surface area contributed by atoms with E-state index < -0.39 is 17.4 Å². The third-order valence-electron chi connectivity index (χ3n) is 3.66. The van der Waals surface area contributed by atoms with Crippen molar-refractivity contribution in [1.29, 1.82) is 0 Å². The molecule has 0 aliphatic heterocycles. The SMILES string of the molecule is CCOC(=O)C(Cc1ccc(Cl)cc1)(C(=O)OCC)C(C)C. The highest BCUT2D eigenvalue weighted by Gasteiger charge is 2.51. The first kappa shape index (κ1) is 18.5. The van der Waals surface area contributed by atoms with Crippen molar-refractivity contribution in [2.75, 3.05) is 13.2 Å². The topological polar surface area (TPSA) is 52.6 Å². The van der Waals surface area contributed by atoms with Crippen LogP contribution in [-0.4, -0.2) is 25.2 Å². The second-order valence-corrected chi connectivity index (χ2v) is 5.81. The van der Waals surface area contributed by atoms with Crippen molar-refractivity contribution in [1.82, 2.24) is 0 Å². The molecular formula is C17H23ClO4. The minimum Gasteiger partial charge on any atom is -0.465 e. The van der Waals surface area contributed by atoms with Gasteiger partial charge in [0.25, 0.3) is 0 Å². The molecule has 0 saturated heterocycles. The summed E-state index contributed by atoms with van der Waals surface area (Å²) < 4.78 is 10.3. The number of benzene rings is 1. The van der Waals surface area contributed by atoms with Gasteiger partial charge >= 0.3 is 11.9 Å². The van der Waals surface area contributed by atoms with Crippen molar-refractivity contribution < 1.29 is 19.1 Å². The number of carbonyl (C=O) groups excluding carboxylic acids is 2. The molecule has 0 radical (unpaired) electrons. The summed E-state index contributed by atoms with van der Waals surface area (Å²) in [5, 5.41) is 0.603. The van der Waals surface area contributed by atoms with Gasteiger partial charge in [-0.2, -0.15) is 0 Å². The van der Waals surface area contributed by atoms with Crippen molar-refractivity contribution in [3.63, 3.8) is 0 Å². The number of carbonyl (C=O) groups is 2. The van der Waals surface area contributed by atoms with Gasteiger partial charge in [0.15, 0.2) is 5.41 Å². The number of ether oxygens (including phenoxy) is 2. The molecule has 0 atom stereocenters. The normalized spacial score (nSPS) is 11.4. The van der Waals surface area contributed by atoms with Gasteiger partial charge in [0.05, 0.1) is 13.2 Å². The Hall–Kier alpha value is -1.55. The lowest BCUT2D eigenvalue weighted by atomic mass is 9.72. The fourth-order valence-corrected chi connectivity index (χ4v) is 2.47. The van der Waals surface area contributed by atoms with Crippen LogP contribution in [0.2, 0.25) is 5.02 Å². The Kier molecular flexibility index (Phi) is 6.88. The Balaban J connectivity index is 3.25. The van der Waals surface area contributed by atoms with Gasteiger partial charge in [-0.15, -0.1) is 0 Å². The molecule has 0 amide bonds. The molecule has 0 N–H and O–H groups in total. The summed E-state index contributed by atoms with van der Waals surface area (Å²) in [7, 11) is 0. The van der Waals surface area contributed by atoms with Gasteiger partial charge in [-0.3, -0.25) is 9.59 Å². The highest BCUT2D eigenvalue weighted by molar-refractivity contribution is 6.30. The largest absolute Gasteiger partial charge is 0.465 e. The summed E-state index contributed by atoms with van der Waals surface area (Å²) in [6.45, 7) is 7.51. The first-order valence-corrected chi connectivity index (χ1v) is 7.85. The highest BCUT2D eigenvalue weighted by Crippen LogP contribution is 2.35. The van der Waals surface area contributed by atoms with Gasteiger partial charge in [-0.25, -0.2) is 0 Å². The van der Waals surface area contributed by atoms with E-state index in [0.717, 1.165) is 5.56 Å². The van der Waals surface area contributed by atoms with Crippen molar-refractivity contribution in [3.05, 3.63) is 34.9 Å². The van der Waals surface area contributed by atoms with E-state index in [1.807, 2.05) is 13.8 Å². The number of esters is 2. The number of hydrogen-bond donors (Lipinski definition) is 0. The molecule has 22 heavy (non-hydrogen) atoms. The summed E-state index contributed by atoms with van der Waals surface area (Å²) in [4.78, 5) is 25.1. The van der Waals surface area contributed by atoms with Gasteiger partial charge in [-0.1, -0.05) is 37.6 Å². The number of halogens is 1. The van der Waals surface area contributed by atoms with Gasteiger partial charge in [0, 0.05) is 5.02 Å². The van der Waals surface area contributed by atoms with Crippen molar-refractivity contribution in [2.24, 2.45) is 11.3 Å². The van der Waals surface area contributed by atoms with E-state index in [1.165, 1.54) is 0 Å². The molecule has 0 aliphatic carbocycles. The molecule has 1 aromatic carbocycles. The van der Waals surface area contributed by atoms with Crippen molar-refractivity contribution in [3.8, 4) is 0 Å². The molecule has 0 aliphatic rings. The van der Waals surface area contributed by atoms with Gasteiger partial charge in [0.1, 0.15) is 0 Å². The quantitative estimate of drug-likeness (QED) is 0.567. The van der Waals surface area contributed by atoms with E-state index in [-0.39, 0.29) is 25.6 Å². The molecular weight excluding hydrogens is 304 g/mol. The van der Waals surface area contributed by atoms with Crippen LogP contribution in [0.1, 0.15) is 33.3 Å². The lowest BCUT2D eigenvalue weighted by Gasteiger charge is -2.32. The molecule has 0 heterocycles. The van der Waals surface area contributed by atoms with Crippen LogP contribution in [0.15, 0.2) is 24.3 Å². The Labute approximate surface area is 136 Å². The zero-order valence-corrected chi connectivity index (χ0v) is 14.3. The minimum absolute atomic E-state index is 0.216. The van der Waals surface area contributed by atoms with Gasteiger partial charge in [-0.05, 0) is 43.9 Å². The Morgan fingerprint density at radius 2 is 1.50 bits per heavy atom. The molecule has 0 fully saturated rings. The highest BCUT2D eigenvalue weighted by atomic mass is 35.5. The molecule has 5 heteroatoms. The molecule has 4 nitrogen and oxygen atoms in total. The van der Waals surface area contributed by atoms with Crippen LogP contribution < -0.4 is 0 Å².